The van der Waals surface area contributed by atoms with Crippen LogP contribution in [0, 0.1) is 5.92 Å². The Bertz CT molecular complexity index is 284. The molecule has 0 aromatic carbocycles. The standard InChI is InChI=1S/C10H16N2OS/c1-7(5-11)10(13)12-8(2)9-3-4-14-6-9/h3-4,6-8H,5,11H2,1-2H3,(H,12,13). The Morgan fingerprint density at radius 1 is 1.64 bits per heavy atom. The van der Waals surface area contributed by atoms with E-state index in [0.29, 0.717) is 6.54 Å². The van der Waals surface area contributed by atoms with Crippen molar-refractivity contribution in [3.8, 4) is 0 Å². The van der Waals surface area contributed by atoms with Crippen molar-refractivity contribution in [2.24, 2.45) is 11.7 Å². The van der Waals surface area contributed by atoms with Gasteiger partial charge in [-0.05, 0) is 29.3 Å². The highest BCUT2D eigenvalue weighted by Gasteiger charge is 2.14. The van der Waals surface area contributed by atoms with Gasteiger partial charge in [0.05, 0.1) is 6.04 Å². The second-order valence-electron chi connectivity index (χ2n) is 3.42. The van der Waals surface area contributed by atoms with Gasteiger partial charge in [0, 0.05) is 12.5 Å². The normalized spacial score (nSPS) is 14.8. The minimum Gasteiger partial charge on any atom is -0.349 e. The molecule has 0 saturated heterocycles. The Hall–Kier alpha value is -0.870. The number of thiophene rings is 1. The molecule has 3 N–H and O–H groups in total. The van der Waals surface area contributed by atoms with Crippen molar-refractivity contribution in [2.45, 2.75) is 19.9 Å². The maximum atomic E-state index is 11.5. The van der Waals surface area contributed by atoms with Crippen molar-refractivity contribution in [3.05, 3.63) is 22.4 Å². The highest BCUT2D eigenvalue weighted by atomic mass is 32.1. The molecule has 78 valence electrons. The van der Waals surface area contributed by atoms with Crippen molar-refractivity contribution in [1.82, 2.24) is 5.32 Å². The highest BCUT2D eigenvalue weighted by molar-refractivity contribution is 7.07. The summed E-state index contributed by atoms with van der Waals surface area (Å²) in [5.74, 6) is -0.0951. The van der Waals surface area contributed by atoms with E-state index in [4.69, 9.17) is 5.73 Å². The Morgan fingerprint density at radius 2 is 2.36 bits per heavy atom. The molecule has 0 aliphatic rings. The summed E-state index contributed by atoms with van der Waals surface area (Å²) in [5, 5.41) is 6.96. The summed E-state index contributed by atoms with van der Waals surface area (Å²) >= 11 is 1.63. The number of hydrogen-bond acceptors (Lipinski definition) is 3. The minimum absolute atomic E-state index is 0.0196. The number of rotatable bonds is 4. The molecule has 4 heteroatoms. The summed E-state index contributed by atoms with van der Waals surface area (Å²) in [4.78, 5) is 11.5. The largest absolute Gasteiger partial charge is 0.349 e. The fraction of sp³-hybridized carbons (Fsp3) is 0.500. The second kappa shape index (κ2) is 5.12. The van der Waals surface area contributed by atoms with Crippen molar-refractivity contribution in [3.63, 3.8) is 0 Å². The van der Waals surface area contributed by atoms with Crippen molar-refractivity contribution < 1.29 is 4.79 Å². The molecule has 1 aromatic heterocycles. The average Bonchev–Trinajstić information content (AvgIpc) is 2.69. The quantitative estimate of drug-likeness (QED) is 0.795. The van der Waals surface area contributed by atoms with Crippen LogP contribution in [0.5, 0.6) is 0 Å². The summed E-state index contributed by atoms with van der Waals surface area (Å²) < 4.78 is 0. The van der Waals surface area contributed by atoms with E-state index in [9.17, 15) is 4.79 Å². The minimum atomic E-state index is -0.115. The lowest BCUT2D eigenvalue weighted by Gasteiger charge is -2.15. The van der Waals surface area contributed by atoms with Gasteiger partial charge in [0.1, 0.15) is 0 Å². The number of nitrogens with two attached hydrogens (primary N) is 1. The number of carbonyl (C=O) groups is 1. The molecule has 0 aliphatic heterocycles. The number of amides is 1. The van der Waals surface area contributed by atoms with E-state index >= 15 is 0 Å². The first-order valence-electron chi connectivity index (χ1n) is 4.67. The fourth-order valence-corrected chi connectivity index (χ4v) is 1.82. The summed E-state index contributed by atoms with van der Waals surface area (Å²) in [6.07, 6.45) is 0. The predicted molar refractivity (Wildman–Crippen MR) is 59.1 cm³/mol. The third kappa shape index (κ3) is 2.82. The van der Waals surface area contributed by atoms with Crippen LogP contribution in [0.1, 0.15) is 25.5 Å². The molecule has 2 atom stereocenters. The molecule has 14 heavy (non-hydrogen) atoms. The zero-order valence-electron chi connectivity index (χ0n) is 8.49. The lowest BCUT2D eigenvalue weighted by molar-refractivity contribution is -0.124. The Morgan fingerprint density at radius 3 is 2.86 bits per heavy atom. The third-order valence-electron chi connectivity index (χ3n) is 2.20. The van der Waals surface area contributed by atoms with Crippen LogP contribution in [-0.2, 0) is 4.79 Å². The van der Waals surface area contributed by atoms with E-state index in [2.05, 4.69) is 5.32 Å². The van der Waals surface area contributed by atoms with E-state index < -0.39 is 0 Å². The van der Waals surface area contributed by atoms with Gasteiger partial charge in [-0.2, -0.15) is 11.3 Å². The van der Waals surface area contributed by atoms with E-state index in [1.165, 1.54) is 0 Å². The first-order chi connectivity index (χ1) is 6.65. The van der Waals surface area contributed by atoms with Gasteiger partial charge in [-0.15, -0.1) is 0 Å². The molecule has 1 aromatic rings. The van der Waals surface area contributed by atoms with Crippen molar-refractivity contribution in [2.75, 3.05) is 6.54 Å². The van der Waals surface area contributed by atoms with Gasteiger partial charge in [-0.3, -0.25) is 4.79 Å². The van der Waals surface area contributed by atoms with Crippen LogP contribution in [-0.4, -0.2) is 12.5 Å². The van der Waals surface area contributed by atoms with Crippen LogP contribution in [0.3, 0.4) is 0 Å². The van der Waals surface area contributed by atoms with Crippen molar-refractivity contribution >= 4 is 17.2 Å². The van der Waals surface area contributed by atoms with Crippen LogP contribution < -0.4 is 11.1 Å². The fourth-order valence-electron chi connectivity index (χ4n) is 1.07. The maximum absolute atomic E-state index is 11.5. The molecule has 0 fully saturated rings. The van der Waals surface area contributed by atoms with Gasteiger partial charge in [0.25, 0.3) is 0 Å². The zero-order chi connectivity index (χ0) is 10.6. The van der Waals surface area contributed by atoms with Gasteiger partial charge in [0.15, 0.2) is 0 Å². The predicted octanol–water partition coefficient (Wildman–Crippen LogP) is 1.52. The van der Waals surface area contributed by atoms with E-state index in [1.807, 2.05) is 30.7 Å². The van der Waals surface area contributed by atoms with Crippen LogP contribution in [0.4, 0.5) is 0 Å². The molecular weight excluding hydrogens is 196 g/mol. The highest BCUT2D eigenvalue weighted by Crippen LogP contribution is 2.15. The topological polar surface area (TPSA) is 55.1 Å². The van der Waals surface area contributed by atoms with Crippen LogP contribution in [0.2, 0.25) is 0 Å². The third-order valence-corrected chi connectivity index (χ3v) is 2.90. The van der Waals surface area contributed by atoms with E-state index in [0.717, 1.165) is 5.56 Å². The van der Waals surface area contributed by atoms with Crippen LogP contribution >= 0.6 is 11.3 Å². The van der Waals surface area contributed by atoms with Gasteiger partial charge in [-0.1, -0.05) is 6.92 Å². The lowest BCUT2D eigenvalue weighted by Crippen LogP contribution is -2.34. The van der Waals surface area contributed by atoms with Crippen LogP contribution in [0.15, 0.2) is 16.8 Å². The monoisotopic (exact) mass is 212 g/mol. The zero-order valence-corrected chi connectivity index (χ0v) is 9.30. The maximum Gasteiger partial charge on any atom is 0.224 e. The molecule has 3 nitrogen and oxygen atoms in total. The molecule has 0 bridgehead atoms. The molecular formula is C10H16N2OS. The molecule has 1 amide bonds. The lowest BCUT2D eigenvalue weighted by atomic mass is 10.1. The molecule has 2 unspecified atom stereocenters. The molecule has 0 aliphatic carbocycles. The van der Waals surface area contributed by atoms with E-state index in [-0.39, 0.29) is 17.9 Å². The number of carbonyl (C=O) groups excluding carboxylic acids is 1. The van der Waals surface area contributed by atoms with Gasteiger partial charge < -0.3 is 11.1 Å². The molecule has 0 spiro atoms. The van der Waals surface area contributed by atoms with Crippen LogP contribution in [0.25, 0.3) is 0 Å². The van der Waals surface area contributed by atoms with Gasteiger partial charge in [-0.25, -0.2) is 0 Å². The molecule has 0 radical (unpaired) electrons. The molecule has 1 rings (SSSR count). The number of nitrogens with one attached hydrogen (secondary N) is 1. The Balaban J connectivity index is 2.49. The first kappa shape index (κ1) is 11.2. The number of hydrogen-bond donors (Lipinski definition) is 2. The smallest absolute Gasteiger partial charge is 0.224 e. The molecule has 0 saturated carbocycles. The summed E-state index contributed by atoms with van der Waals surface area (Å²) in [5.41, 5.74) is 6.55. The van der Waals surface area contributed by atoms with Gasteiger partial charge >= 0.3 is 0 Å². The Labute approximate surface area is 88.3 Å². The first-order valence-corrected chi connectivity index (χ1v) is 5.62. The Kier molecular flexibility index (Phi) is 4.10. The molecule has 1 heterocycles. The second-order valence-corrected chi connectivity index (χ2v) is 4.20. The summed E-state index contributed by atoms with van der Waals surface area (Å²) in [6, 6.07) is 2.09. The van der Waals surface area contributed by atoms with Crippen molar-refractivity contribution in [1.29, 1.82) is 0 Å². The summed E-state index contributed by atoms with van der Waals surface area (Å²) in [7, 11) is 0. The summed E-state index contributed by atoms with van der Waals surface area (Å²) in [6.45, 7) is 4.20. The van der Waals surface area contributed by atoms with Gasteiger partial charge in [0.2, 0.25) is 5.91 Å². The SMILES string of the molecule is CC(CN)C(=O)NC(C)c1ccsc1. The van der Waals surface area contributed by atoms with E-state index in [1.54, 1.807) is 11.3 Å². The average molecular weight is 212 g/mol.